The summed E-state index contributed by atoms with van der Waals surface area (Å²) in [5, 5.41) is 20.6. The topological polar surface area (TPSA) is 97.0 Å². The average molecular weight is 302 g/mol. The van der Waals surface area contributed by atoms with Crippen molar-refractivity contribution < 1.29 is 9.59 Å². The van der Waals surface area contributed by atoms with Crippen molar-refractivity contribution in [2.24, 2.45) is 5.92 Å². The molecule has 1 aliphatic heterocycles. The molecule has 1 atom stereocenters. The molecule has 1 N–H and O–H groups in total. The van der Waals surface area contributed by atoms with Gasteiger partial charge in [-0.05, 0) is 19.3 Å². The number of nitrogens with zero attached hydrogens (tertiary/aromatic N) is 3. The number of nitriles is 2. The minimum absolute atomic E-state index is 0.0879. The van der Waals surface area contributed by atoms with Crippen LogP contribution in [0.5, 0.6) is 0 Å². The van der Waals surface area contributed by atoms with Crippen molar-refractivity contribution in [3.05, 3.63) is 0 Å². The standard InChI is InChI=1S/C16H22N4O2/c17-10-6-7-13(11-18)12-20-14(21)16(19-15(20)22)8-4-2-1-3-5-9-16/h13H,1-9,12H2,(H,19,22). The molecule has 0 radical (unpaired) electrons. The lowest BCUT2D eigenvalue weighted by Gasteiger charge is -2.28. The summed E-state index contributed by atoms with van der Waals surface area (Å²) in [7, 11) is 0. The van der Waals surface area contributed by atoms with E-state index in [0.29, 0.717) is 19.3 Å². The molecule has 0 aromatic carbocycles. The third-order valence-corrected chi connectivity index (χ3v) is 4.64. The van der Waals surface area contributed by atoms with Gasteiger partial charge in [0.25, 0.3) is 5.91 Å². The van der Waals surface area contributed by atoms with Crippen LogP contribution in [0.15, 0.2) is 0 Å². The van der Waals surface area contributed by atoms with Crippen LogP contribution in [0, 0.1) is 28.6 Å². The van der Waals surface area contributed by atoms with Gasteiger partial charge in [0.2, 0.25) is 0 Å². The number of amides is 3. The molecule has 118 valence electrons. The van der Waals surface area contributed by atoms with E-state index in [1.807, 2.05) is 6.07 Å². The molecule has 2 rings (SSSR count). The summed E-state index contributed by atoms with van der Waals surface area (Å²) in [6, 6.07) is 3.70. The Bertz CT molecular complexity index is 509. The van der Waals surface area contributed by atoms with Crippen LogP contribution < -0.4 is 5.32 Å². The number of carbonyl (C=O) groups is 2. The molecule has 3 amide bonds. The van der Waals surface area contributed by atoms with E-state index in [2.05, 4.69) is 11.4 Å². The van der Waals surface area contributed by atoms with E-state index in [1.165, 1.54) is 11.3 Å². The van der Waals surface area contributed by atoms with Gasteiger partial charge in [0.05, 0.1) is 18.1 Å². The Morgan fingerprint density at radius 3 is 2.36 bits per heavy atom. The molecule has 1 saturated heterocycles. The quantitative estimate of drug-likeness (QED) is 0.807. The van der Waals surface area contributed by atoms with Gasteiger partial charge < -0.3 is 5.32 Å². The molecule has 2 fully saturated rings. The first-order chi connectivity index (χ1) is 10.6. The summed E-state index contributed by atoms with van der Waals surface area (Å²) in [6.07, 6.45) is 7.26. The number of carbonyl (C=O) groups excluding carboxylic acids is 2. The number of hydrogen-bond acceptors (Lipinski definition) is 4. The summed E-state index contributed by atoms with van der Waals surface area (Å²) in [5.41, 5.74) is -0.757. The zero-order chi connectivity index (χ0) is 16.0. The first kappa shape index (κ1) is 16.3. The minimum Gasteiger partial charge on any atom is -0.323 e. The molecule has 1 heterocycles. The van der Waals surface area contributed by atoms with E-state index in [0.717, 1.165) is 25.7 Å². The second kappa shape index (κ2) is 7.26. The maximum Gasteiger partial charge on any atom is 0.325 e. The van der Waals surface area contributed by atoms with Gasteiger partial charge in [-0.15, -0.1) is 0 Å². The predicted molar refractivity (Wildman–Crippen MR) is 79.2 cm³/mol. The van der Waals surface area contributed by atoms with Gasteiger partial charge >= 0.3 is 6.03 Å². The van der Waals surface area contributed by atoms with Gasteiger partial charge in [-0.25, -0.2) is 4.79 Å². The van der Waals surface area contributed by atoms with E-state index in [9.17, 15) is 9.59 Å². The van der Waals surface area contributed by atoms with Crippen molar-refractivity contribution in [1.29, 1.82) is 10.5 Å². The third-order valence-electron chi connectivity index (χ3n) is 4.64. The van der Waals surface area contributed by atoms with E-state index in [4.69, 9.17) is 10.5 Å². The Morgan fingerprint density at radius 2 is 1.77 bits per heavy atom. The maximum atomic E-state index is 12.8. The Labute approximate surface area is 131 Å². The van der Waals surface area contributed by atoms with Crippen molar-refractivity contribution >= 4 is 11.9 Å². The molecule has 1 spiro atoms. The second-order valence-corrected chi connectivity index (χ2v) is 6.22. The highest BCUT2D eigenvalue weighted by Crippen LogP contribution is 2.32. The van der Waals surface area contributed by atoms with Crippen molar-refractivity contribution in [2.45, 2.75) is 63.3 Å². The number of nitrogens with one attached hydrogen (secondary N) is 1. The Kier molecular flexibility index (Phi) is 5.38. The normalized spacial score (nSPS) is 22.4. The predicted octanol–water partition coefficient (Wildman–Crippen LogP) is 2.46. The fourth-order valence-corrected chi connectivity index (χ4v) is 3.35. The van der Waals surface area contributed by atoms with Crippen LogP contribution in [0.4, 0.5) is 4.79 Å². The summed E-state index contributed by atoms with van der Waals surface area (Å²) >= 11 is 0. The van der Waals surface area contributed by atoms with Gasteiger partial charge in [-0.2, -0.15) is 10.5 Å². The molecule has 1 unspecified atom stereocenters. The molecule has 6 heteroatoms. The number of rotatable bonds is 4. The van der Waals surface area contributed by atoms with E-state index < -0.39 is 11.5 Å². The molecule has 2 aliphatic rings. The number of hydrogen-bond donors (Lipinski definition) is 1. The molecule has 6 nitrogen and oxygen atoms in total. The van der Waals surface area contributed by atoms with E-state index in [1.54, 1.807) is 0 Å². The highest BCUT2D eigenvalue weighted by atomic mass is 16.2. The fourth-order valence-electron chi connectivity index (χ4n) is 3.35. The van der Waals surface area contributed by atoms with E-state index >= 15 is 0 Å². The van der Waals surface area contributed by atoms with Crippen molar-refractivity contribution in [2.75, 3.05) is 6.54 Å². The largest absolute Gasteiger partial charge is 0.325 e. The molecule has 22 heavy (non-hydrogen) atoms. The van der Waals surface area contributed by atoms with Crippen LogP contribution >= 0.6 is 0 Å². The molecule has 0 aromatic rings. The highest BCUT2D eigenvalue weighted by Gasteiger charge is 2.50. The Balaban J connectivity index is 2.07. The van der Waals surface area contributed by atoms with Gasteiger partial charge in [0.15, 0.2) is 0 Å². The van der Waals surface area contributed by atoms with Crippen LogP contribution in [0.2, 0.25) is 0 Å². The van der Waals surface area contributed by atoms with Gasteiger partial charge in [-0.1, -0.05) is 32.1 Å². The molecule has 1 aliphatic carbocycles. The molecule has 0 aromatic heterocycles. The van der Waals surface area contributed by atoms with Crippen LogP contribution in [0.3, 0.4) is 0 Å². The van der Waals surface area contributed by atoms with Crippen LogP contribution in [0.25, 0.3) is 0 Å². The first-order valence-electron chi connectivity index (χ1n) is 8.03. The van der Waals surface area contributed by atoms with Crippen LogP contribution in [-0.4, -0.2) is 28.9 Å². The first-order valence-corrected chi connectivity index (χ1v) is 8.03. The molecule has 0 bridgehead atoms. The second-order valence-electron chi connectivity index (χ2n) is 6.22. The molecular formula is C16H22N4O2. The Morgan fingerprint density at radius 1 is 1.14 bits per heavy atom. The van der Waals surface area contributed by atoms with Crippen molar-refractivity contribution in [1.82, 2.24) is 10.2 Å². The highest BCUT2D eigenvalue weighted by molar-refractivity contribution is 6.07. The van der Waals surface area contributed by atoms with Crippen molar-refractivity contribution in [3.8, 4) is 12.1 Å². The van der Waals surface area contributed by atoms with Gasteiger partial charge in [0.1, 0.15) is 5.54 Å². The zero-order valence-electron chi connectivity index (χ0n) is 12.8. The summed E-state index contributed by atoms with van der Waals surface area (Å²) in [5.74, 6) is -0.658. The smallest absolute Gasteiger partial charge is 0.323 e. The summed E-state index contributed by atoms with van der Waals surface area (Å²) in [6.45, 7) is 0.0879. The molecule has 1 saturated carbocycles. The van der Waals surface area contributed by atoms with E-state index in [-0.39, 0.29) is 24.9 Å². The summed E-state index contributed by atoms with van der Waals surface area (Å²) < 4.78 is 0. The maximum absolute atomic E-state index is 12.8. The number of imide groups is 1. The van der Waals surface area contributed by atoms with Crippen LogP contribution in [-0.2, 0) is 4.79 Å². The summed E-state index contributed by atoms with van der Waals surface area (Å²) in [4.78, 5) is 26.1. The SMILES string of the molecule is N#CCCC(C#N)CN1C(=O)NC2(CCCCCCC2)C1=O. The van der Waals surface area contributed by atoms with Crippen molar-refractivity contribution in [3.63, 3.8) is 0 Å². The van der Waals surface area contributed by atoms with Gasteiger partial charge in [-0.3, -0.25) is 9.69 Å². The lowest BCUT2D eigenvalue weighted by atomic mass is 9.84. The Hall–Kier alpha value is -2.08. The monoisotopic (exact) mass is 302 g/mol. The lowest BCUT2D eigenvalue weighted by Crippen LogP contribution is -2.47. The number of urea groups is 1. The zero-order valence-corrected chi connectivity index (χ0v) is 12.8. The fraction of sp³-hybridized carbons (Fsp3) is 0.750. The average Bonchev–Trinajstić information content (AvgIpc) is 2.72. The third kappa shape index (κ3) is 3.39. The van der Waals surface area contributed by atoms with Crippen LogP contribution in [0.1, 0.15) is 57.8 Å². The lowest BCUT2D eigenvalue weighted by molar-refractivity contribution is -0.132. The van der Waals surface area contributed by atoms with Gasteiger partial charge in [0, 0.05) is 13.0 Å². The molecular weight excluding hydrogens is 280 g/mol. The minimum atomic E-state index is -0.757.